The van der Waals surface area contributed by atoms with Crippen LogP contribution in [-0.4, -0.2) is 30.5 Å². The number of carboxylic acid groups (broad SMARTS) is 1. The Bertz CT molecular complexity index is 543. The summed E-state index contributed by atoms with van der Waals surface area (Å²) in [5.41, 5.74) is -2.20. The second-order valence-corrected chi connectivity index (χ2v) is 9.85. The fraction of sp³-hybridized carbons (Fsp3) is 0.625. The Morgan fingerprint density at radius 2 is 1.83 bits per heavy atom. The molecule has 0 aliphatic carbocycles. The molecular formula is C16H24F2NO3Si. The third-order valence-corrected chi connectivity index (χ3v) is 6.32. The lowest BCUT2D eigenvalue weighted by Gasteiger charge is -2.43. The minimum atomic E-state index is -2.62. The SMILES string of the molecule is C[Si](C)C(C(C)(C)C)C(C)(Oc1ccc(C(F)F)cn1)C(=O)O. The van der Waals surface area contributed by atoms with Crippen LogP contribution in [0.25, 0.3) is 0 Å². The van der Waals surface area contributed by atoms with Crippen LogP contribution in [-0.2, 0) is 4.79 Å². The lowest BCUT2D eigenvalue weighted by molar-refractivity contribution is -0.156. The highest BCUT2D eigenvalue weighted by Gasteiger charge is 2.51. The highest BCUT2D eigenvalue weighted by atomic mass is 28.3. The van der Waals surface area contributed by atoms with Crippen LogP contribution in [0.15, 0.2) is 18.3 Å². The Balaban J connectivity index is 3.21. The first-order chi connectivity index (χ1) is 10.4. The molecule has 7 heteroatoms. The molecule has 1 heterocycles. The van der Waals surface area contributed by atoms with Crippen molar-refractivity contribution in [2.24, 2.45) is 5.41 Å². The molecule has 1 aromatic rings. The Morgan fingerprint density at radius 1 is 1.26 bits per heavy atom. The van der Waals surface area contributed by atoms with Crippen LogP contribution >= 0.6 is 0 Å². The molecule has 0 saturated heterocycles. The molecule has 1 rings (SSSR count). The summed E-state index contributed by atoms with van der Waals surface area (Å²) < 4.78 is 30.9. The van der Waals surface area contributed by atoms with Crippen molar-refractivity contribution in [3.05, 3.63) is 23.9 Å². The molecule has 0 amide bonds. The van der Waals surface area contributed by atoms with Gasteiger partial charge in [0, 0.05) is 23.4 Å². The van der Waals surface area contributed by atoms with Crippen molar-refractivity contribution in [2.75, 3.05) is 0 Å². The average Bonchev–Trinajstić information content (AvgIpc) is 2.36. The molecule has 1 aromatic heterocycles. The van der Waals surface area contributed by atoms with E-state index in [2.05, 4.69) is 4.98 Å². The van der Waals surface area contributed by atoms with E-state index in [0.29, 0.717) is 0 Å². The topological polar surface area (TPSA) is 59.4 Å². The number of ether oxygens (including phenoxy) is 1. The molecule has 0 saturated carbocycles. The standard InChI is InChI=1S/C16H24F2NO3Si/c1-15(2,3)13(23(5)6)16(4,14(20)21)22-11-8-7-10(9-19-11)12(17)18/h7-9,12-13H,1-6H3,(H,20,21). The van der Waals surface area contributed by atoms with Gasteiger partial charge in [-0.15, -0.1) is 0 Å². The number of aliphatic carboxylic acids is 1. The molecule has 4 nitrogen and oxygen atoms in total. The zero-order chi connectivity index (χ0) is 18.0. The molecular weight excluding hydrogens is 320 g/mol. The molecule has 23 heavy (non-hydrogen) atoms. The van der Waals surface area contributed by atoms with Crippen molar-refractivity contribution in [3.63, 3.8) is 0 Å². The van der Waals surface area contributed by atoms with Gasteiger partial charge < -0.3 is 9.84 Å². The second kappa shape index (κ2) is 6.94. The number of rotatable bonds is 6. The molecule has 2 atom stereocenters. The number of aromatic nitrogens is 1. The molecule has 0 spiro atoms. The summed E-state index contributed by atoms with van der Waals surface area (Å²) in [7, 11) is -1.03. The fourth-order valence-corrected chi connectivity index (χ4v) is 6.28. The summed E-state index contributed by atoms with van der Waals surface area (Å²) in [5, 5.41) is 9.76. The monoisotopic (exact) mass is 344 g/mol. The van der Waals surface area contributed by atoms with E-state index in [-0.39, 0.29) is 22.4 Å². The Hall–Kier alpha value is -1.50. The Kier molecular flexibility index (Phi) is 5.90. The molecule has 1 radical (unpaired) electrons. The molecule has 0 aromatic carbocycles. The van der Waals surface area contributed by atoms with Crippen molar-refractivity contribution in [2.45, 2.75) is 58.4 Å². The number of nitrogens with zero attached hydrogens (tertiary/aromatic N) is 1. The Labute approximate surface area is 137 Å². The van der Waals surface area contributed by atoms with E-state index in [9.17, 15) is 18.7 Å². The predicted octanol–water partition coefficient (Wildman–Crippen LogP) is 4.41. The molecule has 0 bridgehead atoms. The van der Waals surface area contributed by atoms with Gasteiger partial charge >= 0.3 is 5.97 Å². The van der Waals surface area contributed by atoms with Crippen molar-refractivity contribution in [3.8, 4) is 5.88 Å². The number of halogens is 2. The predicted molar refractivity (Wildman–Crippen MR) is 86.5 cm³/mol. The minimum Gasteiger partial charge on any atom is -0.478 e. The van der Waals surface area contributed by atoms with E-state index in [1.54, 1.807) is 0 Å². The summed E-state index contributed by atoms with van der Waals surface area (Å²) in [5.74, 6) is -1.04. The van der Waals surface area contributed by atoms with Gasteiger partial charge in [-0.3, -0.25) is 0 Å². The summed E-state index contributed by atoms with van der Waals surface area (Å²) >= 11 is 0. The number of hydrogen-bond donors (Lipinski definition) is 1. The lowest BCUT2D eigenvalue weighted by Crippen LogP contribution is -2.53. The largest absolute Gasteiger partial charge is 0.478 e. The van der Waals surface area contributed by atoms with Crippen LogP contribution < -0.4 is 4.74 Å². The van der Waals surface area contributed by atoms with Crippen molar-refractivity contribution >= 4 is 14.8 Å². The maximum Gasteiger partial charge on any atom is 0.347 e. The smallest absolute Gasteiger partial charge is 0.347 e. The number of carboxylic acids is 1. The normalized spacial score (nSPS) is 16.3. The summed E-state index contributed by atoms with van der Waals surface area (Å²) in [6, 6.07) is 2.49. The maximum atomic E-state index is 12.6. The minimum absolute atomic E-state index is 0.0387. The zero-order valence-corrected chi connectivity index (χ0v) is 15.4. The highest BCUT2D eigenvalue weighted by Crippen LogP contribution is 2.44. The number of hydrogen-bond acceptors (Lipinski definition) is 3. The van der Waals surface area contributed by atoms with E-state index in [1.165, 1.54) is 19.1 Å². The molecule has 0 aliphatic rings. The summed E-state index contributed by atoms with van der Waals surface area (Å²) in [4.78, 5) is 15.8. The molecule has 1 N–H and O–H groups in total. The highest BCUT2D eigenvalue weighted by molar-refractivity contribution is 6.58. The maximum absolute atomic E-state index is 12.6. The van der Waals surface area contributed by atoms with E-state index in [0.717, 1.165) is 6.20 Å². The fourth-order valence-electron chi connectivity index (χ4n) is 3.27. The van der Waals surface area contributed by atoms with Gasteiger partial charge in [0.25, 0.3) is 6.43 Å². The van der Waals surface area contributed by atoms with Crippen LogP contribution in [0.3, 0.4) is 0 Å². The van der Waals surface area contributed by atoms with Crippen molar-refractivity contribution in [1.82, 2.24) is 4.98 Å². The van der Waals surface area contributed by atoms with Crippen molar-refractivity contribution in [1.29, 1.82) is 0 Å². The molecule has 0 aliphatic heterocycles. The lowest BCUT2D eigenvalue weighted by atomic mass is 9.81. The van der Waals surface area contributed by atoms with Crippen LogP contribution in [0.1, 0.15) is 39.7 Å². The van der Waals surface area contributed by atoms with E-state index >= 15 is 0 Å². The van der Waals surface area contributed by atoms with Gasteiger partial charge in [0.05, 0.1) is 8.80 Å². The average molecular weight is 344 g/mol. The van der Waals surface area contributed by atoms with Gasteiger partial charge in [0.2, 0.25) is 11.5 Å². The van der Waals surface area contributed by atoms with E-state index in [1.807, 2.05) is 33.9 Å². The van der Waals surface area contributed by atoms with Crippen LogP contribution in [0, 0.1) is 5.41 Å². The van der Waals surface area contributed by atoms with E-state index in [4.69, 9.17) is 4.74 Å². The first-order valence-corrected chi connectivity index (χ1v) is 9.94. The number of alkyl halides is 2. The van der Waals surface area contributed by atoms with Gasteiger partial charge in [-0.2, -0.15) is 0 Å². The van der Waals surface area contributed by atoms with Gasteiger partial charge in [-0.25, -0.2) is 18.6 Å². The van der Waals surface area contributed by atoms with Crippen molar-refractivity contribution < 1.29 is 23.4 Å². The first kappa shape index (κ1) is 19.5. The van der Waals surface area contributed by atoms with Gasteiger partial charge in [0.15, 0.2) is 0 Å². The Morgan fingerprint density at radius 3 is 2.13 bits per heavy atom. The molecule has 129 valence electrons. The third-order valence-electron chi connectivity index (χ3n) is 3.75. The van der Waals surface area contributed by atoms with Crippen LogP contribution in [0.2, 0.25) is 18.6 Å². The molecule has 0 fully saturated rings. The third kappa shape index (κ3) is 4.50. The van der Waals surface area contributed by atoms with Gasteiger partial charge in [-0.1, -0.05) is 33.9 Å². The summed E-state index contributed by atoms with van der Waals surface area (Å²) in [6.07, 6.45) is -1.61. The van der Waals surface area contributed by atoms with E-state index < -0.39 is 26.8 Å². The zero-order valence-electron chi connectivity index (χ0n) is 14.4. The van der Waals surface area contributed by atoms with Gasteiger partial charge in [0.1, 0.15) is 0 Å². The number of pyridine rings is 1. The quantitative estimate of drug-likeness (QED) is 0.777. The first-order valence-electron chi connectivity index (χ1n) is 7.36. The molecule has 2 unspecified atom stereocenters. The van der Waals surface area contributed by atoms with Crippen LogP contribution in [0.4, 0.5) is 8.78 Å². The number of carbonyl (C=O) groups is 1. The van der Waals surface area contributed by atoms with Gasteiger partial charge in [-0.05, 0) is 18.4 Å². The summed E-state index contributed by atoms with van der Waals surface area (Å²) in [6.45, 7) is 11.6. The second-order valence-electron chi connectivity index (χ2n) is 7.12. The van der Waals surface area contributed by atoms with Crippen LogP contribution in [0.5, 0.6) is 5.88 Å².